The molecular weight excluding hydrogens is 1100 g/mol. The van der Waals surface area contributed by atoms with Crippen LogP contribution in [0.1, 0.15) is 11.1 Å². The van der Waals surface area contributed by atoms with Gasteiger partial charge < -0.3 is 13.6 Å². The zero-order valence-electron chi connectivity index (χ0n) is 46.4. The summed E-state index contributed by atoms with van der Waals surface area (Å²) < 4.78 is 16.1. The smallest absolute Gasteiger partial charge is 0.143 e. The van der Waals surface area contributed by atoms with Crippen molar-refractivity contribution < 1.29 is 4.42 Å². The Morgan fingerprint density at radius 3 is 1.36 bits per heavy atom. The molecule has 13 aromatic carbocycles. The summed E-state index contributed by atoms with van der Waals surface area (Å²) in [5, 5.41) is 36.0. The van der Waals surface area contributed by atoms with Crippen LogP contribution in [0.4, 0.5) is 0 Å². The van der Waals surface area contributed by atoms with E-state index >= 15 is 0 Å². The minimum atomic E-state index is 0.394. The Morgan fingerprint density at radius 1 is 0.322 bits per heavy atom. The number of benzene rings is 13. The zero-order valence-corrected chi connectivity index (χ0v) is 48.1. The lowest BCUT2D eigenvalue weighted by atomic mass is 9.86. The van der Waals surface area contributed by atoms with E-state index in [9.17, 15) is 10.5 Å². The van der Waals surface area contributed by atoms with Gasteiger partial charge in [0, 0.05) is 80.0 Å². The van der Waals surface area contributed by atoms with E-state index in [2.05, 4.69) is 240 Å². The molecule has 0 aliphatic carbocycles. The van der Waals surface area contributed by atoms with E-state index in [1.54, 1.807) is 22.7 Å². The number of hydrogen-bond donors (Lipinski definition) is 0. The Kier molecular flexibility index (Phi) is 10.8. The van der Waals surface area contributed by atoms with Gasteiger partial charge in [0.05, 0.1) is 54.0 Å². The largest absolute Gasteiger partial charge is 0.455 e. The van der Waals surface area contributed by atoms with Crippen LogP contribution in [0.5, 0.6) is 0 Å². The van der Waals surface area contributed by atoms with E-state index < -0.39 is 0 Å². The molecule has 18 aromatic rings. The third-order valence-electron chi connectivity index (χ3n) is 17.8. The van der Waals surface area contributed by atoms with E-state index in [0.29, 0.717) is 28.1 Å². The molecular formula is C80H44N4OS2. The molecule has 0 radical (unpaired) electrons. The minimum absolute atomic E-state index is 0.394. The van der Waals surface area contributed by atoms with Crippen LogP contribution in [0.25, 0.3) is 173 Å². The molecule has 5 aromatic heterocycles. The Labute approximate surface area is 506 Å². The number of furan rings is 1. The monoisotopic (exact) mass is 1140 g/mol. The molecule has 0 spiro atoms. The van der Waals surface area contributed by atoms with Crippen molar-refractivity contribution in [2.24, 2.45) is 0 Å². The normalized spacial score (nSPS) is 11.9. The van der Waals surface area contributed by atoms with E-state index in [0.717, 1.165) is 136 Å². The van der Waals surface area contributed by atoms with E-state index in [-0.39, 0.29) is 0 Å². The van der Waals surface area contributed by atoms with Gasteiger partial charge in [-0.2, -0.15) is 10.5 Å². The lowest BCUT2D eigenvalue weighted by Crippen LogP contribution is -2.11. The number of rotatable bonds is 7. The topological polar surface area (TPSA) is 70.6 Å². The molecule has 87 heavy (non-hydrogen) atoms. The molecule has 0 atom stereocenters. The van der Waals surface area contributed by atoms with E-state index in [1.165, 1.54) is 20.2 Å². The van der Waals surface area contributed by atoms with Gasteiger partial charge in [-0.3, -0.25) is 0 Å². The van der Waals surface area contributed by atoms with E-state index in [1.807, 2.05) is 48.5 Å². The molecule has 0 unspecified atom stereocenters. The molecule has 5 nitrogen and oxygen atoms in total. The molecule has 0 fully saturated rings. The maximum Gasteiger partial charge on any atom is 0.143 e. The fraction of sp³-hybridized carbons (Fsp3) is 0. The Bertz CT molecular complexity index is 5840. The van der Waals surface area contributed by atoms with Crippen LogP contribution in [-0.2, 0) is 0 Å². The second-order valence-corrected chi connectivity index (χ2v) is 24.4. The second-order valence-electron chi connectivity index (χ2n) is 22.3. The van der Waals surface area contributed by atoms with Gasteiger partial charge in [0.25, 0.3) is 0 Å². The predicted molar refractivity (Wildman–Crippen MR) is 365 cm³/mol. The summed E-state index contributed by atoms with van der Waals surface area (Å²) in [7, 11) is 0. The van der Waals surface area contributed by atoms with Crippen molar-refractivity contribution in [3.63, 3.8) is 0 Å². The number of hydrogen-bond acceptors (Lipinski definition) is 5. The highest BCUT2D eigenvalue weighted by Crippen LogP contribution is 2.56. The number of thiophene rings is 2. The van der Waals surface area contributed by atoms with E-state index in [4.69, 9.17) is 4.42 Å². The lowest BCUT2D eigenvalue weighted by Gasteiger charge is -2.26. The fourth-order valence-corrected chi connectivity index (χ4v) is 16.7. The van der Waals surface area contributed by atoms with Crippen molar-refractivity contribution in [2.45, 2.75) is 0 Å². The van der Waals surface area contributed by atoms with Gasteiger partial charge in [0.15, 0.2) is 0 Å². The first-order chi connectivity index (χ1) is 43.1. The van der Waals surface area contributed by atoms with Crippen molar-refractivity contribution in [1.82, 2.24) is 9.13 Å². The summed E-state index contributed by atoms with van der Waals surface area (Å²) in [6.07, 6.45) is 0. The van der Waals surface area contributed by atoms with Gasteiger partial charge in [-0.15, -0.1) is 22.7 Å². The number of nitrogens with zero attached hydrogens (tertiary/aromatic N) is 4. The van der Waals surface area contributed by atoms with Crippen LogP contribution in [0.15, 0.2) is 271 Å². The molecule has 0 N–H and O–H groups in total. The first kappa shape index (κ1) is 49.1. The molecule has 0 saturated carbocycles. The highest BCUT2D eigenvalue weighted by atomic mass is 32.1. The minimum Gasteiger partial charge on any atom is -0.455 e. The van der Waals surface area contributed by atoms with Crippen molar-refractivity contribution in [3.05, 3.63) is 278 Å². The number of nitriles is 2. The molecule has 0 aliphatic rings. The summed E-state index contributed by atoms with van der Waals surface area (Å²) in [6, 6.07) is 100. The van der Waals surface area contributed by atoms with Crippen molar-refractivity contribution in [3.8, 4) is 79.1 Å². The number of aromatic nitrogens is 2. The molecule has 0 bridgehead atoms. The van der Waals surface area contributed by atoms with Gasteiger partial charge in [0.2, 0.25) is 0 Å². The molecule has 0 aliphatic heterocycles. The summed E-state index contributed by atoms with van der Waals surface area (Å²) in [5.74, 6) is 0. The maximum atomic E-state index is 12.6. The van der Waals surface area contributed by atoms with Crippen molar-refractivity contribution in [1.29, 1.82) is 10.5 Å². The predicted octanol–water partition coefficient (Wildman–Crippen LogP) is 22.6. The summed E-state index contributed by atoms with van der Waals surface area (Å²) in [4.78, 5) is 0. The SMILES string of the molecule is N#Cc1c(-c2ccccc2)c(C#N)c(-n2c3c(cc(-c4ccccc4)c4c5ccccc5sc43)c3cc(-c4ccccc4)c4c5ccccc5sc4c32)c(-c2ccccc2)c1-n1c2ccccc2c2ccc(-c3cccc4c3oc3ccccc34)cc21. The summed E-state index contributed by atoms with van der Waals surface area (Å²) in [5.41, 5.74) is 17.1. The molecule has 7 heteroatoms. The Balaban J connectivity index is 1.10. The van der Waals surface area contributed by atoms with Gasteiger partial charge in [-0.1, -0.05) is 224 Å². The first-order valence-corrected chi connectivity index (χ1v) is 30.7. The number of para-hydroxylation sites is 3. The van der Waals surface area contributed by atoms with Crippen molar-refractivity contribution in [2.75, 3.05) is 0 Å². The Hall–Kier alpha value is -11.3. The fourth-order valence-electron chi connectivity index (χ4n) is 14.2. The standard InChI is InChI=1S/C80H44N4OS2/c81-45-63-70(49-26-9-3-10-27-49)64(46-82)75(71(50-28-11-4-12-29-50)74(63)83-65-36-17-13-30-53(65)54-41-40-51(42-66(54)83)52-34-21-35-56-55-31-14-18-37-67(55)85-78(52)56)84-76-61(43-59(47-22-5-1-6-23-47)72-57-32-15-19-38-68(57)86-79(72)76)62-44-60(48-24-7-2-8-25-48)73-58-33-16-20-39-69(58)87-80(73)77(62)84/h1-44H. The highest BCUT2D eigenvalue weighted by molar-refractivity contribution is 7.27. The second kappa shape index (κ2) is 19.1. The molecule has 0 saturated heterocycles. The zero-order chi connectivity index (χ0) is 57.4. The summed E-state index contributed by atoms with van der Waals surface area (Å²) in [6.45, 7) is 0. The van der Waals surface area contributed by atoms with Gasteiger partial charge in [0.1, 0.15) is 23.3 Å². The van der Waals surface area contributed by atoms with Crippen LogP contribution in [0, 0.1) is 22.7 Å². The summed E-state index contributed by atoms with van der Waals surface area (Å²) >= 11 is 3.60. The molecule has 18 rings (SSSR count). The van der Waals surface area contributed by atoms with Crippen LogP contribution in [0.3, 0.4) is 0 Å². The highest BCUT2D eigenvalue weighted by Gasteiger charge is 2.34. The lowest BCUT2D eigenvalue weighted by molar-refractivity contribution is 0.670. The quantitative estimate of drug-likeness (QED) is 0.160. The van der Waals surface area contributed by atoms with Crippen LogP contribution in [0.2, 0.25) is 0 Å². The number of fused-ring (bicyclic) bond motifs is 17. The maximum absolute atomic E-state index is 12.6. The van der Waals surface area contributed by atoms with Crippen LogP contribution < -0.4 is 0 Å². The van der Waals surface area contributed by atoms with Gasteiger partial charge >= 0.3 is 0 Å². The van der Waals surface area contributed by atoms with Crippen LogP contribution >= 0.6 is 22.7 Å². The average Bonchev–Trinajstić information content (AvgIpc) is 1.57. The van der Waals surface area contributed by atoms with Crippen molar-refractivity contribution >= 4 is 129 Å². The van der Waals surface area contributed by atoms with Gasteiger partial charge in [-0.25, -0.2) is 0 Å². The molecule has 0 amide bonds. The first-order valence-electron chi connectivity index (χ1n) is 29.1. The molecule has 5 heterocycles. The molecule has 402 valence electrons. The van der Waals surface area contributed by atoms with Crippen LogP contribution in [-0.4, -0.2) is 9.13 Å². The van der Waals surface area contributed by atoms with Gasteiger partial charge in [-0.05, 0) is 81.4 Å². The third kappa shape index (κ3) is 7.10. The third-order valence-corrected chi connectivity index (χ3v) is 20.1. The average molecular weight is 1140 g/mol. The Morgan fingerprint density at radius 2 is 0.782 bits per heavy atom.